The van der Waals surface area contributed by atoms with E-state index in [9.17, 15) is 9.59 Å². The first-order valence-corrected chi connectivity index (χ1v) is 8.70. The number of aromatic nitrogens is 2. The number of H-pyrrole nitrogens is 1. The Hall–Kier alpha value is -1.61. The van der Waals surface area contributed by atoms with Gasteiger partial charge < -0.3 is 10.6 Å². The molecule has 0 amide bonds. The first kappa shape index (κ1) is 16.3. The molecule has 23 heavy (non-hydrogen) atoms. The van der Waals surface area contributed by atoms with Crippen molar-refractivity contribution in [1.29, 1.82) is 0 Å². The zero-order valence-corrected chi connectivity index (χ0v) is 14.8. The average Bonchev–Trinajstić information content (AvgIpc) is 2.52. The SMILES string of the molecule is N[C@@H]1CCCN(c2cn(Cc3ccccc3I)c(=O)[nH]c2=O)C1. The van der Waals surface area contributed by atoms with Crippen LogP contribution in [-0.4, -0.2) is 28.7 Å². The maximum atomic E-state index is 12.2. The second-order valence-electron chi connectivity index (χ2n) is 5.84. The van der Waals surface area contributed by atoms with E-state index in [4.69, 9.17) is 5.73 Å². The molecule has 1 aliphatic heterocycles. The van der Waals surface area contributed by atoms with Crippen molar-refractivity contribution in [2.75, 3.05) is 18.0 Å². The van der Waals surface area contributed by atoms with Gasteiger partial charge in [0.05, 0.1) is 6.54 Å². The van der Waals surface area contributed by atoms with Gasteiger partial charge in [0.15, 0.2) is 0 Å². The molecule has 1 aromatic heterocycles. The molecule has 0 spiro atoms. The van der Waals surface area contributed by atoms with Crippen LogP contribution < -0.4 is 21.9 Å². The molecule has 1 aliphatic rings. The number of hydrogen-bond donors (Lipinski definition) is 2. The molecule has 1 fully saturated rings. The van der Waals surface area contributed by atoms with Gasteiger partial charge in [-0.3, -0.25) is 14.3 Å². The fraction of sp³-hybridized carbons (Fsp3) is 0.375. The fourth-order valence-corrected chi connectivity index (χ4v) is 3.44. The lowest BCUT2D eigenvalue weighted by Crippen LogP contribution is -2.46. The summed E-state index contributed by atoms with van der Waals surface area (Å²) in [6, 6.07) is 7.95. The molecule has 7 heteroatoms. The van der Waals surface area contributed by atoms with Gasteiger partial charge >= 0.3 is 5.69 Å². The van der Waals surface area contributed by atoms with Crippen molar-refractivity contribution in [3.63, 3.8) is 0 Å². The second-order valence-corrected chi connectivity index (χ2v) is 7.00. The summed E-state index contributed by atoms with van der Waals surface area (Å²) < 4.78 is 2.64. The number of nitrogens with one attached hydrogen (secondary N) is 1. The lowest BCUT2D eigenvalue weighted by molar-refractivity contribution is 0.503. The normalized spacial score (nSPS) is 18.2. The van der Waals surface area contributed by atoms with Crippen molar-refractivity contribution < 1.29 is 0 Å². The molecule has 0 bridgehead atoms. The van der Waals surface area contributed by atoms with Gasteiger partial charge in [0.1, 0.15) is 5.69 Å². The van der Waals surface area contributed by atoms with E-state index >= 15 is 0 Å². The van der Waals surface area contributed by atoms with Crippen molar-refractivity contribution in [3.8, 4) is 0 Å². The van der Waals surface area contributed by atoms with Gasteiger partial charge in [-0.15, -0.1) is 0 Å². The van der Waals surface area contributed by atoms with Crippen LogP contribution in [0.3, 0.4) is 0 Å². The van der Waals surface area contributed by atoms with Crippen LogP contribution in [0.15, 0.2) is 40.1 Å². The number of rotatable bonds is 3. The van der Waals surface area contributed by atoms with Gasteiger partial charge in [-0.1, -0.05) is 18.2 Å². The molecule has 0 saturated carbocycles. The van der Waals surface area contributed by atoms with Crippen LogP contribution in [-0.2, 0) is 6.54 Å². The summed E-state index contributed by atoms with van der Waals surface area (Å²) in [5, 5.41) is 0. The predicted octanol–water partition coefficient (Wildman–Crippen LogP) is 1.12. The molecule has 6 nitrogen and oxygen atoms in total. The standard InChI is InChI=1S/C16H19IN4O2/c17-13-6-2-1-4-11(13)8-21-10-14(15(22)19-16(21)23)20-7-3-5-12(18)9-20/h1-2,4,6,10,12H,3,5,7-9,18H2,(H,19,22,23)/t12-/m1/s1. The summed E-state index contributed by atoms with van der Waals surface area (Å²) in [6.45, 7) is 1.86. The first-order valence-electron chi connectivity index (χ1n) is 7.62. The topological polar surface area (TPSA) is 84.1 Å². The van der Waals surface area contributed by atoms with Crippen LogP contribution in [0, 0.1) is 3.57 Å². The van der Waals surface area contributed by atoms with Gasteiger partial charge in [0, 0.05) is 28.9 Å². The van der Waals surface area contributed by atoms with Crippen molar-refractivity contribution in [3.05, 3.63) is 60.4 Å². The van der Waals surface area contributed by atoms with Crippen LogP contribution >= 0.6 is 22.6 Å². The summed E-state index contributed by atoms with van der Waals surface area (Å²) >= 11 is 2.25. The molecule has 2 heterocycles. The first-order chi connectivity index (χ1) is 11.0. The van der Waals surface area contributed by atoms with E-state index in [1.54, 1.807) is 10.8 Å². The zero-order chi connectivity index (χ0) is 16.4. The van der Waals surface area contributed by atoms with Gasteiger partial charge in [0.25, 0.3) is 5.56 Å². The highest BCUT2D eigenvalue weighted by molar-refractivity contribution is 14.1. The number of piperidine rings is 1. The fourth-order valence-electron chi connectivity index (χ4n) is 2.88. The number of nitrogens with two attached hydrogens (primary N) is 1. The van der Waals surface area contributed by atoms with Crippen molar-refractivity contribution in [2.24, 2.45) is 5.73 Å². The smallest absolute Gasteiger partial charge is 0.328 e. The molecule has 1 atom stereocenters. The second kappa shape index (κ2) is 6.88. The lowest BCUT2D eigenvalue weighted by atomic mass is 10.1. The highest BCUT2D eigenvalue weighted by Gasteiger charge is 2.20. The molecule has 122 valence electrons. The van der Waals surface area contributed by atoms with Crippen LogP contribution in [0.2, 0.25) is 0 Å². The highest BCUT2D eigenvalue weighted by atomic mass is 127. The average molecular weight is 426 g/mol. The predicted molar refractivity (Wildman–Crippen MR) is 99.0 cm³/mol. The number of nitrogens with zero attached hydrogens (tertiary/aromatic N) is 2. The van der Waals surface area contributed by atoms with Gasteiger partial charge in [-0.05, 0) is 47.1 Å². The molecule has 1 aromatic carbocycles. The Balaban J connectivity index is 1.95. The largest absolute Gasteiger partial charge is 0.364 e. The Bertz CT molecular complexity index is 814. The van der Waals surface area contributed by atoms with Gasteiger partial charge in [-0.25, -0.2) is 4.79 Å². The molecule has 0 radical (unpaired) electrons. The number of halogens is 1. The summed E-state index contributed by atoms with van der Waals surface area (Å²) in [6.07, 6.45) is 3.58. The number of hydrogen-bond acceptors (Lipinski definition) is 4. The van der Waals surface area contributed by atoms with Crippen LogP contribution in [0.4, 0.5) is 5.69 Å². The third kappa shape index (κ3) is 3.66. The van der Waals surface area contributed by atoms with E-state index in [0.29, 0.717) is 18.8 Å². The Morgan fingerprint density at radius 2 is 2.09 bits per heavy atom. The summed E-state index contributed by atoms with van der Waals surface area (Å²) in [5.41, 5.74) is 6.83. The number of aromatic amines is 1. The van der Waals surface area contributed by atoms with E-state index in [0.717, 1.165) is 28.5 Å². The van der Waals surface area contributed by atoms with E-state index in [2.05, 4.69) is 27.6 Å². The zero-order valence-electron chi connectivity index (χ0n) is 12.7. The Kier molecular flexibility index (Phi) is 4.86. The summed E-state index contributed by atoms with van der Waals surface area (Å²) in [5.74, 6) is 0. The van der Waals surface area contributed by atoms with E-state index in [1.807, 2.05) is 29.2 Å². The molecular weight excluding hydrogens is 407 g/mol. The summed E-state index contributed by atoms with van der Waals surface area (Å²) in [4.78, 5) is 28.7. The third-order valence-corrected chi connectivity index (χ3v) is 5.14. The minimum absolute atomic E-state index is 0.0681. The van der Waals surface area contributed by atoms with Crippen LogP contribution in [0.25, 0.3) is 0 Å². The van der Waals surface area contributed by atoms with E-state index in [1.165, 1.54) is 0 Å². The monoisotopic (exact) mass is 426 g/mol. The summed E-state index contributed by atoms with van der Waals surface area (Å²) in [7, 11) is 0. The van der Waals surface area contributed by atoms with Crippen LogP contribution in [0.5, 0.6) is 0 Å². The van der Waals surface area contributed by atoms with Crippen molar-refractivity contribution in [2.45, 2.75) is 25.4 Å². The Morgan fingerprint density at radius 1 is 1.30 bits per heavy atom. The molecular formula is C16H19IN4O2. The van der Waals surface area contributed by atoms with Crippen molar-refractivity contribution in [1.82, 2.24) is 9.55 Å². The maximum Gasteiger partial charge on any atom is 0.328 e. The molecule has 0 unspecified atom stereocenters. The Morgan fingerprint density at radius 3 is 2.83 bits per heavy atom. The Labute approximate surface area is 147 Å². The van der Waals surface area contributed by atoms with E-state index < -0.39 is 0 Å². The third-order valence-electron chi connectivity index (χ3n) is 4.09. The molecule has 3 rings (SSSR count). The van der Waals surface area contributed by atoms with Gasteiger partial charge in [-0.2, -0.15) is 0 Å². The van der Waals surface area contributed by atoms with Crippen molar-refractivity contribution >= 4 is 28.3 Å². The van der Waals surface area contributed by atoms with Gasteiger partial charge in [0.2, 0.25) is 0 Å². The molecule has 0 aliphatic carbocycles. The number of benzene rings is 1. The highest BCUT2D eigenvalue weighted by Crippen LogP contribution is 2.16. The molecule has 2 aromatic rings. The number of anilines is 1. The van der Waals surface area contributed by atoms with E-state index in [-0.39, 0.29) is 17.3 Å². The molecule has 1 saturated heterocycles. The minimum Gasteiger partial charge on any atom is -0.364 e. The maximum absolute atomic E-state index is 12.2. The van der Waals surface area contributed by atoms with Crippen LogP contribution in [0.1, 0.15) is 18.4 Å². The quantitative estimate of drug-likeness (QED) is 0.721. The lowest BCUT2D eigenvalue weighted by Gasteiger charge is -2.32. The molecule has 3 N–H and O–H groups in total. The minimum atomic E-state index is -0.389.